The Morgan fingerprint density at radius 3 is 2.56 bits per heavy atom. The number of pyridine rings is 1. The number of hydrogen-bond acceptors (Lipinski definition) is 4. The fourth-order valence-corrected chi connectivity index (χ4v) is 1.18. The largest absolute Gasteiger partial charge is 0.473 e. The van der Waals surface area contributed by atoms with E-state index in [0.717, 1.165) is 12.4 Å². The second-order valence-electron chi connectivity index (χ2n) is 4.53. The van der Waals surface area contributed by atoms with Crippen molar-refractivity contribution in [3.63, 3.8) is 0 Å². The second-order valence-corrected chi connectivity index (χ2v) is 4.53. The van der Waals surface area contributed by atoms with Gasteiger partial charge in [0, 0.05) is 6.54 Å². The average molecular weight is 223 g/mol. The molecule has 1 aromatic rings. The van der Waals surface area contributed by atoms with Crippen molar-refractivity contribution in [3.8, 4) is 5.88 Å². The molecule has 0 aliphatic heterocycles. The molecule has 16 heavy (non-hydrogen) atoms. The minimum absolute atomic E-state index is 0.0788. The van der Waals surface area contributed by atoms with Crippen LogP contribution in [0, 0.1) is 5.92 Å². The molecule has 0 radical (unpaired) electrons. The number of nitrogens with one attached hydrogen (secondary N) is 1. The summed E-state index contributed by atoms with van der Waals surface area (Å²) < 4.78 is 5.52. The van der Waals surface area contributed by atoms with Crippen LogP contribution in [0.3, 0.4) is 0 Å². The lowest BCUT2D eigenvalue weighted by atomic mass is 10.2. The summed E-state index contributed by atoms with van der Waals surface area (Å²) in [6.45, 7) is 9.09. The lowest BCUT2D eigenvalue weighted by Crippen LogP contribution is -2.12. The Labute approximate surface area is 97.2 Å². The average Bonchev–Trinajstić information content (AvgIpc) is 2.18. The van der Waals surface area contributed by atoms with Crippen LogP contribution in [0.15, 0.2) is 12.1 Å². The number of anilines is 2. The highest BCUT2D eigenvalue weighted by Gasteiger charge is 2.06. The Hall–Kier alpha value is -1.45. The van der Waals surface area contributed by atoms with Crippen LogP contribution in [0.1, 0.15) is 27.7 Å². The molecule has 1 rings (SSSR count). The third-order valence-corrected chi connectivity index (χ3v) is 1.93. The van der Waals surface area contributed by atoms with Crippen molar-refractivity contribution in [2.24, 2.45) is 5.92 Å². The minimum Gasteiger partial charge on any atom is -0.473 e. The van der Waals surface area contributed by atoms with Crippen molar-refractivity contribution in [2.75, 3.05) is 17.6 Å². The predicted molar refractivity (Wildman–Crippen MR) is 67.7 cm³/mol. The maximum Gasteiger partial charge on any atom is 0.239 e. The molecule has 3 N–H and O–H groups in total. The molecule has 1 aromatic heterocycles. The summed E-state index contributed by atoms with van der Waals surface area (Å²) in [6.07, 6.45) is 0.0788. The molecule has 0 spiro atoms. The van der Waals surface area contributed by atoms with Crippen molar-refractivity contribution in [2.45, 2.75) is 33.8 Å². The van der Waals surface area contributed by atoms with Crippen LogP contribution >= 0.6 is 0 Å². The van der Waals surface area contributed by atoms with Gasteiger partial charge in [-0.2, -0.15) is 4.98 Å². The topological polar surface area (TPSA) is 60.2 Å². The third kappa shape index (κ3) is 3.96. The molecular weight excluding hydrogens is 202 g/mol. The van der Waals surface area contributed by atoms with Crippen LogP contribution < -0.4 is 15.8 Å². The van der Waals surface area contributed by atoms with Crippen LogP contribution in [0.4, 0.5) is 11.5 Å². The highest BCUT2D eigenvalue weighted by atomic mass is 16.5. The lowest BCUT2D eigenvalue weighted by Gasteiger charge is -2.13. The van der Waals surface area contributed by atoms with Crippen molar-refractivity contribution in [1.82, 2.24) is 4.98 Å². The summed E-state index contributed by atoms with van der Waals surface area (Å²) in [6, 6.07) is 3.68. The van der Waals surface area contributed by atoms with E-state index in [-0.39, 0.29) is 6.10 Å². The molecule has 0 aromatic carbocycles. The number of hydrogen-bond donors (Lipinski definition) is 2. The van der Waals surface area contributed by atoms with Crippen molar-refractivity contribution >= 4 is 11.5 Å². The van der Waals surface area contributed by atoms with Gasteiger partial charge in [0.25, 0.3) is 0 Å². The molecule has 90 valence electrons. The Bertz CT molecular complexity index is 337. The molecule has 1 heterocycles. The van der Waals surface area contributed by atoms with Crippen molar-refractivity contribution < 1.29 is 4.74 Å². The van der Waals surface area contributed by atoms with E-state index in [0.29, 0.717) is 17.5 Å². The van der Waals surface area contributed by atoms with Gasteiger partial charge in [0.2, 0.25) is 5.88 Å². The van der Waals surface area contributed by atoms with Crippen molar-refractivity contribution in [3.05, 3.63) is 12.1 Å². The zero-order valence-electron chi connectivity index (χ0n) is 10.4. The van der Waals surface area contributed by atoms with Gasteiger partial charge < -0.3 is 15.8 Å². The van der Waals surface area contributed by atoms with E-state index in [9.17, 15) is 0 Å². The van der Waals surface area contributed by atoms with Crippen LogP contribution in [0.25, 0.3) is 0 Å². The molecule has 0 atom stereocenters. The number of aromatic nitrogens is 1. The van der Waals surface area contributed by atoms with E-state index in [4.69, 9.17) is 10.5 Å². The standard InChI is InChI=1S/C12H21N3O/c1-8(2)7-14-11-6-5-10(13)12(15-11)16-9(3)4/h5-6,8-9H,7,13H2,1-4H3,(H,14,15). The fourth-order valence-electron chi connectivity index (χ4n) is 1.18. The Morgan fingerprint density at radius 2 is 2.00 bits per heavy atom. The van der Waals surface area contributed by atoms with Gasteiger partial charge in [-0.25, -0.2) is 0 Å². The van der Waals surface area contributed by atoms with Crippen LogP contribution in [0.2, 0.25) is 0 Å². The summed E-state index contributed by atoms with van der Waals surface area (Å²) in [7, 11) is 0. The smallest absolute Gasteiger partial charge is 0.239 e. The molecule has 0 unspecified atom stereocenters. The van der Waals surface area contributed by atoms with E-state index in [1.165, 1.54) is 0 Å². The predicted octanol–water partition coefficient (Wildman–Crippen LogP) is 2.52. The minimum atomic E-state index is 0.0788. The summed E-state index contributed by atoms with van der Waals surface area (Å²) in [5.74, 6) is 1.89. The first-order chi connectivity index (χ1) is 7.49. The third-order valence-electron chi connectivity index (χ3n) is 1.93. The van der Waals surface area contributed by atoms with Crippen LogP contribution in [-0.2, 0) is 0 Å². The van der Waals surface area contributed by atoms with E-state index in [1.54, 1.807) is 0 Å². The molecule has 0 aliphatic rings. The Morgan fingerprint density at radius 1 is 1.31 bits per heavy atom. The van der Waals surface area contributed by atoms with Gasteiger partial charge in [-0.3, -0.25) is 0 Å². The molecule has 0 saturated heterocycles. The zero-order valence-corrected chi connectivity index (χ0v) is 10.4. The number of nitrogens with zero attached hydrogens (tertiary/aromatic N) is 1. The van der Waals surface area contributed by atoms with E-state index < -0.39 is 0 Å². The van der Waals surface area contributed by atoms with Gasteiger partial charge in [0.1, 0.15) is 5.82 Å². The SMILES string of the molecule is CC(C)CNc1ccc(N)c(OC(C)C)n1. The number of rotatable bonds is 5. The molecular formula is C12H21N3O. The monoisotopic (exact) mass is 223 g/mol. The molecule has 4 nitrogen and oxygen atoms in total. The first-order valence-corrected chi connectivity index (χ1v) is 5.66. The number of nitrogens with two attached hydrogens (primary N) is 1. The summed E-state index contributed by atoms with van der Waals surface area (Å²) in [5.41, 5.74) is 6.35. The van der Waals surface area contributed by atoms with E-state index >= 15 is 0 Å². The molecule has 0 amide bonds. The number of ether oxygens (including phenoxy) is 1. The van der Waals surface area contributed by atoms with E-state index in [2.05, 4.69) is 24.1 Å². The van der Waals surface area contributed by atoms with Crippen LogP contribution in [-0.4, -0.2) is 17.6 Å². The molecule has 0 saturated carbocycles. The number of nitrogen functional groups attached to an aromatic ring is 1. The van der Waals surface area contributed by atoms with Gasteiger partial charge in [-0.05, 0) is 31.9 Å². The highest BCUT2D eigenvalue weighted by molar-refractivity contribution is 5.53. The summed E-state index contributed by atoms with van der Waals surface area (Å²) >= 11 is 0. The zero-order chi connectivity index (χ0) is 12.1. The van der Waals surface area contributed by atoms with Crippen molar-refractivity contribution in [1.29, 1.82) is 0 Å². The Kier molecular flexibility index (Phi) is 4.40. The first-order valence-electron chi connectivity index (χ1n) is 5.66. The molecule has 4 heteroatoms. The summed E-state index contributed by atoms with van der Waals surface area (Å²) in [5, 5.41) is 3.24. The quantitative estimate of drug-likeness (QED) is 0.805. The highest BCUT2D eigenvalue weighted by Crippen LogP contribution is 2.21. The van der Waals surface area contributed by atoms with Crippen LogP contribution in [0.5, 0.6) is 5.88 Å². The Balaban J connectivity index is 2.73. The second kappa shape index (κ2) is 5.58. The molecule has 0 bridgehead atoms. The van der Waals surface area contributed by atoms with Gasteiger partial charge in [-0.1, -0.05) is 13.8 Å². The van der Waals surface area contributed by atoms with Gasteiger partial charge >= 0.3 is 0 Å². The van der Waals surface area contributed by atoms with Gasteiger partial charge in [0.15, 0.2) is 0 Å². The first kappa shape index (κ1) is 12.6. The fraction of sp³-hybridized carbons (Fsp3) is 0.583. The molecule has 0 aliphatic carbocycles. The maximum atomic E-state index is 5.78. The maximum absolute atomic E-state index is 5.78. The van der Waals surface area contributed by atoms with Gasteiger partial charge in [0.05, 0.1) is 11.8 Å². The molecule has 0 fully saturated rings. The summed E-state index contributed by atoms with van der Waals surface area (Å²) in [4.78, 5) is 4.33. The normalized spacial score (nSPS) is 10.9. The van der Waals surface area contributed by atoms with E-state index in [1.807, 2.05) is 26.0 Å². The lowest BCUT2D eigenvalue weighted by molar-refractivity contribution is 0.234. The van der Waals surface area contributed by atoms with Gasteiger partial charge in [-0.15, -0.1) is 0 Å².